The van der Waals surface area contributed by atoms with E-state index in [-0.39, 0.29) is 18.3 Å². The van der Waals surface area contributed by atoms with E-state index >= 15 is 0 Å². The van der Waals surface area contributed by atoms with Gasteiger partial charge in [-0.2, -0.15) is 5.10 Å². The number of carbonyl (C=O) groups excluding carboxylic acids is 1. The molecule has 20 heavy (non-hydrogen) atoms. The van der Waals surface area contributed by atoms with Gasteiger partial charge in [0.2, 0.25) is 0 Å². The molecule has 3 rings (SSSR count). The normalized spacial score (nSPS) is 13.6. The lowest BCUT2D eigenvalue weighted by Gasteiger charge is -2.10. The van der Waals surface area contributed by atoms with Crippen molar-refractivity contribution in [3.63, 3.8) is 0 Å². The molecule has 0 spiro atoms. The van der Waals surface area contributed by atoms with Gasteiger partial charge in [-0.25, -0.2) is 5.01 Å². The van der Waals surface area contributed by atoms with E-state index in [1.165, 1.54) is 5.01 Å². The molecule has 0 N–H and O–H groups in total. The molecular formula is C15H14ClN3O. The quantitative estimate of drug-likeness (QED) is 0.852. The first-order valence-corrected chi connectivity index (χ1v) is 6.19. The third-order valence-electron chi connectivity index (χ3n) is 3.05. The Hall–Kier alpha value is -2.20. The van der Waals surface area contributed by atoms with Crippen LogP contribution in [0.1, 0.15) is 22.3 Å². The van der Waals surface area contributed by atoms with Crippen LogP contribution in [0.5, 0.6) is 0 Å². The van der Waals surface area contributed by atoms with Crippen molar-refractivity contribution >= 4 is 24.0 Å². The molecule has 0 saturated carbocycles. The fourth-order valence-electron chi connectivity index (χ4n) is 2.08. The van der Waals surface area contributed by atoms with Crippen molar-refractivity contribution in [3.8, 4) is 0 Å². The van der Waals surface area contributed by atoms with Crippen molar-refractivity contribution in [2.75, 3.05) is 6.54 Å². The Balaban J connectivity index is 0.00000147. The van der Waals surface area contributed by atoms with Gasteiger partial charge in [-0.05, 0) is 17.7 Å². The Labute approximate surface area is 123 Å². The minimum Gasteiger partial charge on any atom is -0.267 e. The Kier molecular flexibility index (Phi) is 4.48. The molecule has 102 valence electrons. The van der Waals surface area contributed by atoms with E-state index in [1.54, 1.807) is 24.5 Å². The molecule has 0 unspecified atom stereocenters. The summed E-state index contributed by atoms with van der Waals surface area (Å²) >= 11 is 0. The molecule has 0 fully saturated rings. The van der Waals surface area contributed by atoms with Gasteiger partial charge in [0, 0.05) is 18.8 Å². The lowest BCUT2D eigenvalue weighted by Crippen LogP contribution is -2.23. The highest BCUT2D eigenvalue weighted by atomic mass is 35.5. The average Bonchev–Trinajstić information content (AvgIpc) is 2.98. The molecule has 0 bridgehead atoms. The van der Waals surface area contributed by atoms with Crippen molar-refractivity contribution in [2.45, 2.75) is 6.42 Å². The number of carbonyl (C=O) groups is 1. The van der Waals surface area contributed by atoms with E-state index in [1.807, 2.05) is 30.3 Å². The molecule has 1 amide bonds. The second kappa shape index (κ2) is 6.30. The Morgan fingerprint density at radius 3 is 2.60 bits per heavy atom. The molecule has 0 aliphatic carbocycles. The van der Waals surface area contributed by atoms with Gasteiger partial charge in [-0.3, -0.25) is 9.78 Å². The Bertz CT molecular complexity index is 614. The highest BCUT2D eigenvalue weighted by molar-refractivity contribution is 6.04. The van der Waals surface area contributed by atoms with Crippen LogP contribution in [0.3, 0.4) is 0 Å². The van der Waals surface area contributed by atoms with Gasteiger partial charge in [0.05, 0.1) is 17.8 Å². The molecule has 2 aromatic rings. The van der Waals surface area contributed by atoms with Gasteiger partial charge in [0.25, 0.3) is 5.91 Å². The van der Waals surface area contributed by atoms with Crippen LogP contribution in [-0.4, -0.2) is 28.2 Å². The fraction of sp³-hybridized carbons (Fsp3) is 0.133. The van der Waals surface area contributed by atoms with Crippen molar-refractivity contribution in [1.82, 2.24) is 9.99 Å². The van der Waals surface area contributed by atoms with Crippen LogP contribution in [0.2, 0.25) is 0 Å². The third-order valence-corrected chi connectivity index (χ3v) is 3.05. The van der Waals surface area contributed by atoms with Crippen LogP contribution < -0.4 is 0 Å². The van der Waals surface area contributed by atoms with Crippen LogP contribution >= 0.6 is 12.4 Å². The van der Waals surface area contributed by atoms with E-state index < -0.39 is 0 Å². The van der Waals surface area contributed by atoms with E-state index in [2.05, 4.69) is 10.1 Å². The Morgan fingerprint density at radius 2 is 1.90 bits per heavy atom. The number of hydrogen-bond donors (Lipinski definition) is 0. The summed E-state index contributed by atoms with van der Waals surface area (Å²) in [6, 6.07) is 13.5. The van der Waals surface area contributed by atoms with Gasteiger partial charge in [-0.1, -0.05) is 30.3 Å². The average molecular weight is 288 g/mol. The van der Waals surface area contributed by atoms with Crippen LogP contribution in [-0.2, 0) is 0 Å². The lowest BCUT2D eigenvalue weighted by atomic mass is 10.1. The Morgan fingerprint density at radius 1 is 1.10 bits per heavy atom. The molecule has 1 aliphatic rings. The zero-order valence-electron chi connectivity index (χ0n) is 10.8. The maximum absolute atomic E-state index is 12.2. The van der Waals surface area contributed by atoms with E-state index in [0.717, 1.165) is 17.7 Å². The maximum Gasteiger partial charge on any atom is 0.275 e. The van der Waals surface area contributed by atoms with E-state index in [0.29, 0.717) is 12.1 Å². The predicted molar refractivity (Wildman–Crippen MR) is 80.1 cm³/mol. The number of halogens is 1. The molecule has 1 aromatic heterocycles. The van der Waals surface area contributed by atoms with Gasteiger partial charge in [0.1, 0.15) is 0 Å². The summed E-state index contributed by atoms with van der Waals surface area (Å²) in [5, 5.41) is 5.92. The fourth-order valence-corrected chi connectivity index (χ4v) is 2.08. The third kappa shape index (κ3) is 2.86. The van der Waals surface area contributed by atoms with E-state index in [9.17, 15) is 4.79 Å². The monoisotopic (exact) mass is 287 g/mol. The number of amides is 1. The van der Waals surface area contributed by atoms with Crippen LogP contribution in [0, 0.1) is 0 Å². The lowest BCUT2D eigenvalue weighted by molar-refractivity contribution is 0.0778. The number of benzene rings is 1. The summed E-state index contributed by atoms with van der Waals surface area (Å²) in [5.74, 6) is -0.0981. The maximum atomic E-state index is 12.2. The first-order chi connectivity index (χ1) is 9.34. The molecular weight excluding hydrogens is 274 g/mol. The molecule has 5 heteroatoms. The highest BCUT2D eigenvalue weighted by Gasteiger charge is 2.22. The van der Waals surface area contributed by atoms with E-state index in [4.69, 9.17) is 0 Å². The van der Waals surface area contributed by atoms with Gasteiger partial charge < -0.3 is 0 Å². The molecule has 1 aromatic carbocycles. The summed E-state index contributed by atoms with van der Waals surface area (Å²) in [6.45, 7) is 0.623. The first kappa shape index (κ1) is 14.2. The second-order valence-electron chi connectivity index (χ2n) is 4.33. The SMILES string of the molecule is Cl.O=C(c1cccnc1)N1CCC(c2ccccc2)=N1. The largest absolute Gasteiger partial charge is 0.275 e. The molecule has 4 nitrogen and oxygen atoms in total. The minimum atomic E-state index is -0.0981. The van der Waals surface area contributed by atoms with Crippen LogP contribution in [0.25, 0.3) is 0 Å². The number of nitrogens with zero attached hydrogens (tertiary/aromatic N) is 3. The summed E-state index contributed by atoms with van der Waals surface area (Å²) in [5.41, 5.74) is 2.60. The highest BCUT2D eigenvalue weighted by Crippen LogP contribution is 2.15. The zero-order valence-corrected chi connectivity index (χ0v) is 11.6. The molecule has 0 radical (unpaired) electrons. The minimum absolute atomic E-state index is 0. The zero-order chi connectivity index (χ0) is 13.1. The number of pyridine rings is 1. The number of hydrogen-bond acceptors (Lipinski definition) is 3. The van der Waals surface area contributed by atoms with Crippen molar-refractivity contribution < 1.29 is 4.79 Å². The summed E-state index contributed by atoms with van der Waals surface area (Å²) in [6.07, 6.45) is 4.01. The number of hydrazone groups is 1. The van der Waals surface area contributed by atoms with Crippen LogP contribution in [0.4, 0.5) is 0 Å². The van der Waals surface area contributed by atoms with Gasteiger partial charge in [0.15, 0.2) is 0 Å². The van der Waals surface area contributed by atoms with Crippen molar-refractivity contribution in [1.29, 1.82) is 0 Å². The number of rotatable bonds is 2. The summed E-state index contributed by atoms with van der Waals surface area (Å²) in [7, 11) is 0. The van der Waals surface area contributed by atoms with Crippen molar-refractivity contribution in [3.05, 3.63) is 66.0 Å². The topological polar surface area (TPSA) is 45.6 Å². The summed E-state index contributed by atoms with van der Waals surface area (Å²) in [4.78, 5) is 16.2. The molecule has 0 atom stereocenters. The predicted octanol–water partition coefficient (Wildman–Crippen LogP) is 2.75. The summed E-state index contributed by atoms with van der Waals surface area (Å²) < 4.78 is 0. The van der Waals surface area contributed by atoms with Crippen LogP contribution in [0.15, 0.2) is 60.0 Å². The first-order valence-electron chi connectivity index (χ1n) is 6.19. The van der Waals surface area contributed by atoms with Gasteiger partial charge in [-0.15, -0.1) is 12.4 Å². The molecule has 1 aliphatic heterocycles. The standard InChI is InChI=1S/C15H13N3O.ClH/c19-15(13-7-4-9-16-11-13)18-10-8-14(17-18)12-5-2-1-3-6-12;/h1-7,9,11H,8,10H2;1H. The second-order valence-corrected chi connectivity index (χ2v) is 4.33. The smallest absolute Gasteiger partial charge is 0.267 e. The van der Waals surface area contributed by atoms with Gasteiger partial charge >= 0.3 is 0 Å². The van der Waals surface area contributed by atoms with Crippen molar-refractivity contribution in [2.24, 2.45) is 5.10 Å². The number of aromatic nitrogens is 1. The molecule has 0 saturated heterocycles. The molecule has 2 heterocycles.